The number of hydrogen-bond donors (Lipinski definition) is 0. The van der Waals surface area contributed by atoms with E-state index in [9.17, 15) is 0 Å². The second-order valence-electron chi connectivity index (χ2n) is 3.18. The zero-order valence-electron chi connectivity index (χ0n) is 8.02. The molecule has 15 heavy (non-hydrogen) atoms. The van der Waals surface area contributed by atoms with Crippen molar-refractivity contribution in [2.45, 2.75) is 5.33 Å². The molecule has 1 heterocycles. The van der Waals surface area contributed by atoms with Crippen molar-refractivity contribution in [2.24, 2.45) is 0 Å². The van der Waals surface area contributed by atoms with Crippen LogP contribution in [0.2, 0.25) is 0 Å². The maximum atomic E-state index is 8.75. The number of hydrogen-bond acceptors (Lipinski definition) is 1. The SMILES string of the molecule is N#Cc1ccn(-c2ccccc2CBr)c1. The van der Waals surface area contributed by atoms with Crippen molar-refractivity contribution in [3.05, 3.63) is 53.9 Å². The van der Waals surface area contributed by atoms with Gasteiger partial charge in [-0.2, -0.15) is 5.26 Å². The Balaban J connectivity index is 2.49. The molecule has 74 valence electrons. The molecule has 0 aliphatic carbocycles. The van der Waals surface area contributed by atoms with Crippen LogP contribution in [0, 0.1) is 11.3 Å². The van der Waals surface area contributed by atoms with Crippen molar-refractivity contribution in [1.29, 1.82) is 5.26 Å². The van der Waals surface area contributed by atoms with Gasteiger partial charge in [-0.15, -0.1) is 0 Å². The summed E-state index contributed by atoms with van der Waals surface area (Å²) in [6.07, 6.45) is 3.74. The summed E-state index contributed by atoms with van der Waals surface area (Å²) >= 11 is 3.45. The van der Waals surface area contributed by atoms with Gasteiger partial charge in [0.15, 0.2) is 0 Å². The monoisotopic (exact) mass is 260 g/mol. The molecule has 2 aromatic rings. The molecule has 0 atom stereocenters. The summed E-state index contributed by atoms with van der Waals surface area (Å²) in [6.45, 7) is 0. The zero-order chi connectivity index (χ0) is 10.7. The molecule has 0 radical (unpaired) electrons. The van der Waals surface area contributed by atoms with Gasteiger partial charge in [-0.25, -0.2) is 0 Å². The Kier molecular flexibility index (Phi) is 2.89. The summed E-state index contributed by atoms with van der Waals surface area (Å²) in [5.74, 6) is 0. The molecule has 0 spiro atoms. The minimum atomic E-state index is 0.680. The second-order valence-corrected chi connectivity index (χ2v) is 3.74. The first-order chi connectivity index (χ1) is 7.35. The first kappa shape index (κ1) is 10.0. The van der Waals surface area contributed by atoms with Crippen LogP contribution >= 0.6 is 15.9 Å². The van der Waals surface area contributed by atoms with Gasteiger partial charge in [0.2, 0.25) is 0 Å². The molecule has 3 heteroatoms. The van der Waals surface area contributed by atoms with E-state index in [1.807, 2.05) is 41.2 Å². The Morgan fingerprint density at radius 2 is 2.07 bits per heavy atom. The Morgan fingerprint density at radius 1 is 1.27 bits per heavy atom. The Labute approximate surface area is 96.9 Å². The predicted molar refractivity (Wildman–Crippen MR) is 63.1 cm³/mol. The molecule has 0 saturated carbocycles. The van der Waals surface area contributed by atoms with Crippen LogP contribution in [0.1, 0.15) is 11.1 Å². The normalized spacial score (nSPS) is 9.87. The smallest absolute Gasteiger partial charge is 0.101 e. The van der Waals surface area contributed by atoms with E-state index in [-0.39, 0.29) is 0 Å². The highest BCUT2D eigenvalue weighted by Gasteiger charge is 2.02. The van der Waals surface area contributed by atoms with E-state index in [1.165, 1.54) is 5.56 Å². The standard InChI is InChI=1S/C12H9BrN2/c13-7-11-3-1-2-4-12(11)15-6-5-10(8-14)9-15/h1-6,9H,7H2. The lowest BCUT2D eigenvalue weighted by Gasteiger charge is -2.07. The van der Waals surface area contributed by atoms with Gasteiger partial charge in [0.1, 0.15) is 6.07 Å². The summed E-state index contributed by atoms with van der Waals surface area (Å²) in [7, 11) is 0. The van der Waals surface area contributed by atoms with E-state index in [0.717, 1.165) is 11.0 Å². The molecular weight excluding hydrogens is 252 g/mol. The van der Waals surface area contributed by atoms with Crippen LogP contribution < -0.4 is 0 Å². The fourth-order valence-electron chi connectivity index (χ4n) is 1.49. The zero-order valence-corrected chi connectivity index (χ0v) is 9.61. The molecule has 1 aromatic carbocycles. The Morgan fingerprint density at radius 3 is 2.73 bits per heavy atom. The van der Waals surface area contributed by atoms with Gasteiger partial charge in [-0.1, -0.05) is 34.1 Å². The molecule has 0 saturated heterocycles. The third kappa shape index (κ3) is 1.95. The van der Waals surface area contributed by atoms with Gasteiger partial charge >= 0.3 is 0 Å². The Hall–Kier alpha value is -1.53. The molecule has 0 amide bonds. The van der Waals surface area contributed by atoms with Crippen LogP contribution in [0.15, 0.2) is 42.7 Å². The first-order valence-corrected chi connectivity index (χ1v) is 5.69. The van der Waals surface area contributed by atoms with Crippen LogP contribution in [0.5, 0.6) is 0 Å². The van der Waals surface area contributed by atoms with E-state index in [2.05, 4.69) is 28.1 Å². The van der Waals surface area contributed by atoms with Gasteiger partial charge in [-0.05, 0) is 17.7 Å². The number of aromatic nitrogens is 1. The molecule has 2 rings (SSSR count). The van der Waals surface area contributed by atoms with E-state index in [1.54, 1.807) is 0 Å². The minimum absolute atomic E-state index is 0.680. The number of halogens is 1. The van der Waals surface area contributed by atoms with Crippen molar-refractivity contribution < 1.29 is 0 Å². The van der Waals surface area contributed by atoms with E-state index in [0.29, 0.717) is 5.56 Å². The summed E-state index contributed by atoms with van der Waals surface area (Å²) in [6, 6.07) is 12.0. The second kappa shape index (κ2) is 4.33. The predicted octanol–water partition coefficient (Wildman–Crippen LogP) is 3.24. The topological polar surface area (TPSA) is 28.7 Å². The molecule has 0 N–H and O–H groups in total. The Bertz CT molecular complexity index is 508. The number of para-hydroxylation sites is 1. The van der Waals surface area contributed by atoms with Gasteiger partial charge in [-0.3, -0.25) is 0 Å². The van der Waals surface area contributed by atoms with Gasteiger partial charge in [0.25, 0.3) is 0 Å². The van der Waals surface area contributed by atoms with Crippen LogP contribution in [0.25, 0.3) is 5.69 Å². The average molecular weight is 261 g/mol. The third-order valence-electron chi connectivity index (χ3n) is 2.24. The van der Waals surface area contributed by atoms with Crippen LogP contribution in [0.3, 0.4) is 0 Å². The number of alkyl halides is 1. The average Bonchev–Trinajstić information content (AvgIpc) is 2.77. The third-order valence-corrected chi connectivity index (χ3v) is 2.84. The largest absolute Gasteiger partial charge is 0.322 e. The van der Waals surface area contributed by atoms with Crippen LogP contribution in [0.4, 0.5) is 0 Å². The highest BCUT2D eigenvalue weighted by atomic mass is 79.9. The van der Waals surface area contributed by atoms with Gasteiger partial charge < -0.3 is 4.57 Å². The molecular formula is C12H9BrN2. The lowest BCUT2D eigenvalue weighted by atomic mass is 10.2. The summed E-state index contributed by atoms with van der Waals surface area (Å²) < 4.78 is 1.97. The number of nitriles is 1. The molecule has 0 aliphatic heterocycles. The highest BCUT2D eigenvalue weighted by molar-refractivity contribution is 9.08. The van der Waals surface area contributed by atoms with Crippen molar-refractivity contribution in [3.8, 4) is 11.8 Å². The first-order valence-electron chi connectivity index (χ1n) is 4.57. The lowest BCUT2D eigenvalue weighted by Crippen LogP contribution is -1.94. The number of benzene rings is 1. The maximum absolute atomic E-state index is 8.75. The van der Waals surface area contributed by atoms with Gasteiger partial charge in [0, 0.05) is 23.4 Å². The fourth-order valence-corrected chi connectivity index (χ4v) is 1.96. The van der Waals surface area contributed by atoms with Crippen LogP contribution in [-0.2, 0) is 5.33 Å². The summed E-state index contributed by atoms with van der Waals surface area (Å²) in [5, 5.41) is 9.56. The lowest BCUT2D eigenvalue weighted by molar-refractivity contribution is 1.06. The van der Waals surface area contributed by atoms with Gasteiger partial charge in [0.05, 0.1) is 5.56 Å². The number of rotatable bonds is 2. The van der Waals surface area contributed by atoms with Crippen molar-refractivity contribution in [1.82, 2.24) is 4.57 Å². The highest BCUT2D eigenvalue weighted by Crippen LogP contribution is 2.18. The molecule has 0 unspecified atom stereocenters. The van der Waals surface area contributed by atoms with E-state index < -0.39 is 0 Å². The fraction of sp³-hybridized carbons (Fsp3) is 0.0833. The molecule has 2 nitrogen and oxygen atoms in total. The van der Waals surface area contributed by atoms with Crippen molar-refractivity contribution >= 4 is 15.9 Å². The minimum Gasteiger partial charge on any atom is -0.322 e. The van der Waals surface area contributed by atoms with Crippen LogP contribution in [-0.4, -0.2) is 4.57 Å². The van der Waals surface area contributed by atoms with Crippen molar-refractivity contribution in [2.75, 3.05) is 0 Å². The number of nitrogens with zero attached hydrogens (tertiary/aromatic N) is 2. The summed E-state index contributed by atoms with van der Waals surface area (Å²) in [4.78, 5) is 0. The van der Waals surface area contributed by atoms with E-state index >= 15 is 0 Å². The van der Waals surface area contributed by atoms with E-state index in [4.69, 9.17) is 5.26 Å². The molecule has 0 aliphatic rings. The molecule has 0 bridgehead atoms. The molecule has 1 aromatic heterocycles. The van der Waals surface area contributed by atoms with Crippen molar-refractivity contribution in [3.63, 3.8) is 0 Å². The molecule has 0 fully saturated rings. The quantitative estimate of drug-likeness (QED) is 0.763. The summed E-state index contributed by atoms with van der Waals surface area (Å²) in [5.41, 5.74) is 2.99. The maximum Gasteiger partial charge on any atom is 0.101 e.